The van der Waals surface area contributed by atoms with Gasteiger partial charge in [0.2, 0.25) is 5.95 Å². The second-order valence-corrected chi connectivity index (χ2v) is 7.51. The predicted octanol–water partition coefficient (Wildman–Crippen LogP) is 4.92. The number of aromatic carboxylic acids is 1. The average molecular weight is 405 g/mol. The first-order chi connectivity index (χ1) is 14.3. The van der Waals surface area contributed by atoms with Gasteiger partial charge in [0.25, 0.3) is 0 Å². The zero-order chi connectivity index (χ0) is 21.6. The molecule has 0 aliphatic carbocycles. The Balaban J connectivity index is 1.97. The number of para-hydroxylation sites is 1. The zero-order valence-corrected chi connectivity index (χ0v) is 17.4. The maximum Gasteiger partial charge on any atom is 0.351 e. The third kappa shape index (κ3) is 3.12. The number of hydrogen-bond acceptors (Lipinski definition) is 5. The minimum absolute atomic E-state index is 0.344. The molecule has 0 bridgehead atoms. The monoisotopic (exact) mass is 405 g/mol. The highest BCUT2D eigenvalue weighted by Gasteiger charge is 2.20. The number of carboxylic acid groups (broad SMARTS) is 1. The summed E-state index contributed by atoms with van der Waals surface area (Å²) in [6.07, 6.45) is 0.895. The molecule has 4 rings (SSSR count). The lowest BCUT2D eigenvalue weighted by Crippen LogP contribution is -2.15. The molecule has 2 N–H and O–H groups in total. The van der Waals surface area contributed by atoms with Gasteiger partial charge in [-0.15, -0.1) is 0 Å². The van der Waals surface area contributed by atoms with Gasteiger partial charge in [-0.2, -0.15) is 0 Å². The quantitative estimate of drug-likeness (QED) is 0.458. The van der Waals surface area contributed by atoms with E-state index >= 15 is 0 Å². The summed E-state index contributed by atoms with van der Waals surface area (Å²) in [5, 5.41) is 13.4. The Morgan fingerprint density at radius 2 is 1.90 bits per heavy atom. The van der Waals surface area contributed by atoms with Crippen LogP contribution in [0.5, 0.6) is 0 Å². The number of nitrogens with one attached hydrogen (secondary N) is 1. The highest BCUT2D eigenvalue weighted by atomic mass is 16.4. The number of carboxylic acids is 1. The van der Waals surface area contributed by atoms with E-state index in [9.17, 15) is 14.7 Å². The van der Waals surface area contributed by atoms with Crippen LogP contribution < -0.4 is 10.9 Å². The van der Waals surface area contributed by atoms with Crippen molar-refractivity contribution in [3.63, 3.8) is 0 Å². The second kappa shape index (κ2) is 7.33. The Morgan fingerprint density at radius 1 is 1.20 bits per heavy atom. The number of hydrogen-bond donors (Lipinski definition) is 2. The lowest BCUT2D eigenvalue weighted by Gasteiger charge is -2.14. The normalized spacial score (nSPS) is 11.3. The summed E-state index contributed by atoms with van der Waals surface area (Å²) in [7, 11) is 0. The number of benzene rings is 2. The molecule has 0 radical (unpaired) electrons. The Labute approximate surface area is 173 Å². The summed E-state index contributed by atoms with van der Waals surface area (Å²) >= 11 is 0. The smallest absolute Gasteiger partial charge is 0.351 e. The van der Waals surface area contributed by atoms with E-state index < -0.39 is 11.6 Å². The lowest BCUT2D eigenvalue weighted by molar-refractivity contribution is 0.0691. The molecule has 2 aromatic heterocycles. The Kier molecular flexibility index (Phi) is 4.81. The molecule has 30 heavy (non-hydrogen) atoms. The van der Waals surface area contributed by atoms with E-state index in [-0.39, 0.29) is 5.56 Å². The second-order valence-electron chi connectivity index (χ2n) is 7.51. The molecule has 0 aliphatic rings. The number of carbonyl (C=O) groups is 1. The van der Waals surface area contributed by atoms with Crippen molar-refractivity contribution in [3.05, 3.63) is 63.0 Å². The molecule has 0 atom stereocenters. The van der Waals surface area contributed by atoms with Crippen molar-refractivity contribution in [2.24, 2.45) is 0 Å². The van der Waals surface area contributed by atoms with Gasteiger partial charge >= 0.3 is 11.6 Å². The molecule has 0 spiro atoms. The Morgan fingerprint density at radius 3 is 2.53 bits per heavy atom. The van der Waals surface area contributed by atoms with Crippen LogP contribution in [0, 0.1) is 20.8 Å². The van der Waals surface area contributed by atoms with E-state index in [1.807, 2.05) is 32.0 Å². The molecule has 0 amide bonds. The summed E-state index contributed by atoms with van der Waals surface area (Å²) in [5.74, 6) is -0.602. The van der Waals surface area contributed by atoms with E-state index in [4.69, 9.17) is 9.40 Å². The number of anilines is 2. The summed E-state index contributed by atoms with van der Waals surface area (Å²) in [6.45, 7) is 8.52. The molecule has 0 saturated heterocycles. The van der Waals surface area contributed by atoms with Gasteiger partial charge < -0.3 is 19.4 Å². The number of aromatic nitrogens is 2. The largest absolute Gasteiger partial charge is 0.477 e. The SMILES string of the molecule is CCCn1c(Nc2c(C)cccc2C)nc2cc3c(C)c(C(=O)O)c(=O)oc3cc21. The van der Waals surface area contributed by atoms with E-state index in [2.05, 4.69) is 16.8 Å². The van der Waals surface area contributed by atoms with Crippen molar-refractivity contribution in [1.29, 1.82) is 0 Å². The molecule has 2 aromatic carbocycles. The van der Waals surface area contributed by atoms with Gasteiger partial charge in [0, 0.05) is 23.7 Å². The number of rotatable bonds is 5. The molecule has 154 valence electrons. The minimum atomic E-state index is -1.29. The summed E-state index contributed by atoms with van der Waals surface area (Å²) in [6, 6.07) is 9.66. The first kappa shape index (κ1) is 19.7. The highest BCUT2D eigenvalue weighted by Crippen LogP contribution is 2.31. The predicted molar refractivity (Wildman–Crippen MR) is 117 cm³/mol. The minimum Gasteiger partial charge on any atom is -0.477 e. The summed E-state index contributed by atoms with van der Waals surface area (Å²) in [5.41, 5.74) is 4.31. The molecule has 0 fully saturated rings. The third-order valence-electron chi connectivity index (χ3n) is 5.41. The number of fused-ring (bicyclic) bond motifs is 2. The molecule has 7 nitrogen and oxygen atoms in total. The molecule has 0 aliphatic heterocycles. The van der Waals surface area contributed by atoms with Crippen molar-refractivity contribution in [3.8, 4) is 0 Å². The van der Waals surface area contributed by atoms with E-state index in [1.165, 1.54) is 0 Å². The van der Waals surface area contributed by atoms with E-state index in [0.717, 1.165) is 35.3 Å². The topological polar surface area (TPSA) is 97.4 Å². The van der Waals surface area contributed by atoms with Crippen LogP contribution in [-0.4, -0.2) is 20.6 Å². The van der Waals surface area contributed by atoms with Crippen LogP contribution in [0.15, 0.2) is 39.5 Å². The molecule has 4 aromatic rings. The van der Waals surface area contributed by atoms with Crippen molar-refractivity contribution >= 4 is 39.6 Å². The Bertz CT molecular complexity index is 1340. The maximum atomic E-state index is 12.2. The third-order valence-corrected chi connectivity index (χ3v) is 5.41. The maximum absolute atomic E-state index is 12.2. The summed E-state index contributed by atoms with van der Waals surface area (Å²) in [4.78, 5) is 28.4. The molecule has 0 unspecified atom stereocenters. The molecule has 0 saturated carbocycles. The van der Waals surface area contributed by atoms with Crippen LogP contribution >= 0.6 is 0 Å². The molecular weight excluding hydrogens is 382 g/mol. The van der Waals surface area contributed by atoms with Crippen LogP contribution in [0.25, 0.3) is 22.0 Å². The lowest BCUT2D eigenvalue weighted by atomic mass is 10.1. The van der Waals surface area contributed by atoms with Gasteiger partial charge in [-0.1, -0.05) is 25.1 Å². The van der Waals surface area contributed by atoms with Crippen molar-refractivity contribution in [2.75, 3.05) is 5.32 Å². The van der Waals surface area contributed by atoms with E-state index in [1.54, 1.807) is 19.1 Å². The average Bonchev–Trinajstić information content (AvgIpc) is 3.00. The van der Waals surface area contributed by atoms with Gasteiger partial charge in [-0.05, 0) is 49.9 Å². The van der Waals surface area contributed by atoms with Gasteiger partial charge in [-0.3, -0.25) is 0 Å². The van der Waals surface area contributed by atoms with Crippen LogP contribution in [0.1, 0.15) is 40.4 Å². The molecular formula is C23H23N3O4. The molecule has 7 heteroatoms. The zero-order valence-electron chi connectivity index (χ0n) is 17.4. The van der Waals surface area contributed by atoms with Crippen LogP contribution in [0.3, 0.4) is 0 Å². The molecule has 2 heterocycles. The van der Waals surface area contributed by atoms with Crippen molar-refractivity contribution in [1.82, 2.24) is 9.55 Å². The van der Waals surface area contributed by atoms with Crippen LogP contribution in [-0.2, 0) is 6.54 Å². The van der Waals surface area contributed by atoms with Gasteiger partial charge in [0.05, 0.1) is 11.0 Å². The fraction of sp³-hybridized carbons (Fsp3) is 0.261. The van der Waals surface area contributed by atoms with Crippen LogP contribution in [0.2, 0.25) is 0 Å². The standard InChI is InChI=1S/C23H23N3O4/c1-5-9-26-17-11-18-15(14(4)19(21(27)28)22(29)30-18)10-16(17)24-23(26)25-20-12(2)7-6-8-13(20)3/h6-8,10-11H,5,9H2,1-4H3,(H,24,25)(H,27,28). The van der Waals surface area contributed by atoms with Crippen molar-refractivity contribution in [2.45, 2.75) is 40.7 Å². The van der Waals surface area contributed by atoms with E-state index in [0.29, 0.717) is 28.0 Å². The first-order valence-corrected chi connectivity index (χ1v) is 9.86. The fourth-order valence-electron chi connectivity index (χ4n) is 3.88. The van der Waals surface area contributed by atoms with Gasteiger partial charge in [0.15, 0.2) is 0 Å². The Hall–Kier alpha value is -3.61. The van der Waals surface area contributed by atoms with Gasteiger partial charge in [0.1, 0.15) is 11.1 Å². The number of imidazole rings is 1. The first-order valence-electron chi connectivity index (χ1n) is 9.86. The van der Waals surface area contributed by atoms with Crippen molar-refractivity contribution < 1.29 is 14.3 Å². The highest BCUT2D eigenvalue weighted by molar-refractivity contribution is 5.99. The van der Waals surface area contributed by atoms with Crippen LogP contribution in [0.4, 0.5) is 11.6 Å². The number of nitrogens with zero attached hydrogens (tertiary/aromatic N) is 2. The summed E-state index contributed by atoms with van der Waals surface area (Å²) < 4.78 is 7.40. The van der Waals surface area contributed by atoms with Gasteiger partial charge in [-0.25, -0.2) is 14.6 Å². The fourth-order valence-corrected chi connectivity index (χ4v) is 3.88. The number of aryl methyl sites for hydroxylation is 4.